The number of hydrogen-bond donors (Lipinski definition) is 1. The fraction of sp³-hybridized carbons (Fsp3) is 0.750. The summed E-state index contributed by atoms with van der Waals surface area (Å²) in [7, 11) is -0.436. The maximum Gasteiger partial charge on any atom is 0.278 e. The Morgan fingerprint density at radius 2 is 2.08 bits per heavy atom. The Hall–Kier alpha value is -1.45. The van der Waals surface area contributed by atoms with Crippen LogP contribution in [0.15, 0.2) is 6.07 Å². The lowest BCUT2D eigenvalue weighted by Crippen LogP contribution is -2.47. The van der Waals surface area contributed by atoms with Crippen LogP contribution >= 0.6 is 0 Å². The third kappa shape index (κ3) is 5.26. The molecular formula is C16H29N5O3S. The fourth-order valence-electron chi connectivity index (χ4n) is 3.17. The molecule has 1 fully saturated rings. The van der Waals surface area contributed by atoms with E-state index in [1.807, 2.05) is 24.8 Å². The van der Waals surface area contributed by atoms with Gasteiger partial charge >= 0.3 is 0 Å². The van der Waals surface area contributed by atoms with Gasteiger partial charge in [-0.05, 0) is 45.6 Å². The molecule has 1 aliphatic heterocycles. The largest absolute Gasteiger partial charge is 0.338 e. The van der Waals surface area contributed by atoms with E-state index in [9.17, 15) is 13.2 Å². The summed E-state index contributed by atoms with van der Waals surface area (Å²) in [6, 6.07) is 2.03. The minimum absolute atomic E-state index is 0.0476. The third-order valence-corrected chi connectivity index (χ3v) is 6.11. The van der Waals surface area contributed by atoms with Crippen molar-refractivity contribution < 1.29 is 13.2 Å². The highest BCUT2D eigenvalue weighted by Crippen LogP contribution is 2.20. The molecule has 142 valence electrons. The topological polar surface area (TPSA) is 87.5 Å². The Balaban J connectivity index is 1.95. The van der Waals surface area contributed by atoms with Gasteiger partial charge in [0, 0.05) is 38.9 Å². The number of nitrogens with zero attached hydrogens (tertiary/aromatic N) is 4. The van der Waals surface area contributed by atoms with Crippen LogP contribution in [0.25, 0.3) is 0 Å². The van der Waals surface area contributed by atoms with Crippen molar-refractivity contribution in [3.05, 3.63) is 17.5 Å². The van der Waals surface area contributed by atoms with Gasteiger partial charge < -0.3 is 4.90 Å². The molecule has 1 atom stereocenters. The second-order valence-electron chi connectivity index (χ2n) is 6.79. The minimum atomic E-state index is -3.42. The highest BCUT2D eigenvalue weighted by Gasteiger charge is 2.27. The van der Waals surface area contributed by atoms with E-state index in [1.165, 1.54) is 14.1 Å². The first-order valence-electron chi connectivity index (χ1n) is 8.68. The number of amides is 1. The first-order valence-corrected chi connectivity index (χ1v) is 10.1. The smallest absolute Gasteiger partial charge is 0.278 e. The molecule has 0 unspecified atom stereocenters. The van der Waals surface area contributed by atoms with Gasteiger partial charge in [0.05, 0.1) is 5.69 Å². The van der Waals surface area contributed by atoms with Crippen molar-refractivity contribution in [3.8, 4) is 0 Å². The molecule has 1 aliphatic rings. The molecule has 1 N–H and O–H groups in total. The average molecular weight is 372 g/mol. The standard InChI is InChI=1S/C16H29N5O3S/c1-13-11-14(2)21(18-13)12-16(22)20-10-6-5-7-15(20)8-9-17-25(23,24)19(3)4/h11,15,17H,5-10,12H2,1-4H3/t15-/m1/s1. The van der Waals surface area contributed by atoms with E-state index < -0.39 is 10.2 Å². The summed E-state index contributed by atoms with van der Waals surface area (Å²) >= 11 is 0. The lowest BCUT2D eigenvalue weighted by Gasteiger charge is -2.36. The number of aryl methyl sites for hydroxylation is 2. The normalized spacial score (nSPS) is 18.8. The summed E-state index contributed by atoms with van der Waals surface area (Å²) in [5, 5.41) is 4.36. The van der Waals surface area contributed by atoms with E-state index in [2.05, 4.69) is 9.82 Å². The van der Waals surface area contributed by atoms with E-state index in [0.717, 1.165) is 41.5 Å². The quantitative estimate of drug-likeness (QED) is 0.763. The SMILES string of the molecule is Cc1cc(C)n(CC(=O)N2CCCC[C@@H]2CCNS(=O)(=O)N(C)C)n1. The van der Waals surface area contributed by atoms with E-state index in [-0.39, 0.29) is 18.5 Å². The van der Waals surface area contributed by atoms with Crippen LogP contribution < -0.4 is 4.72 Å². The van der Waals surface area contributed by atoms with Crippen molar-refractivity contribution in [2.24, 2.45) is 0 Å². The number of likely N-dealkylation sites (tertiary alicyclic amines) is 1. The van der Waals surface area contributed by atoms with E-state index in [4.69, 9.17) is 0 Å². The van der Waals surface area contributed by atoms with Crippen LogP contribution in [-0.2, 0) is 21.5 Å². The van der Waals surface area contributed by atoms with Gasteiger partial charge in [0.15, 0.2) is 0 Å². The highest BCUT2D eigenvalue weighted by molar-refractivity contribution is 7.87. The molecule has 0 aliphatic carbocycles. The molecule has 1 aromatic rings. The lowest BCUT2D eigenvalue weighted by molar-refractivity contribution is -0.135. The van der Waals surface area contributed by atoms with Gasteiger partial charge in [0.1, 0.15) is 6.54 Å². The summed E-state index contributed by atoms with van der Waals surface area (Å²) in [6.07, 6.45) is 3.58. The van der Waals surface area contributed by atoms with Crippen molar-refractivity contribution >= 4 is 16.1 Å². The number of aromatic nitrogens is 2. The first kappa shape index (κ1) is 19.9. The van der Waals surface area contributed by atoms with Crippen LogP contribution in [0, 0.1) is 13.8 Å². The summed E-state index contributed by atoms with van der Waals surface area (Å²) < 4.78 is 29.0. The molecule has 0 bridgehead atoms. The second-order valence-corrected chi connectivity index (χ2v) is 8.76. The minimum Gasteiger partial charge on any atom is -0.338 e. The van der Waals surface area contributed by atoms with Gasteiger partial charge in [-0.3, -0.25) is 9.48 Å². The first-order chi connectivity index (χ1) is 11.7. The lowest BCUT2D eigenvalue weighted by atomic mass is 9.99. The Bertz CT molecular complexity index is 699. The molecule has 2 rings (SSSR count). The molecule has 0 spiro atoms. The monoisotopic (exact) mass is 371 g/mol. The van der Waals surface area contributed by atoms with Gasteiger partial charge in [0.2, 0.25) is 5.91 Å². The maximum atomic E-state index is 12.7. The summed E-state index contributed by atoms with van der Waals surface area (Å²) in [5.74, 6) is 0.0476. The van der Waals surface area contributed by atoms with Gasteiger partial charge in [-0.2, -0.15) is 17.8 Å². The van der Waals surface area contributed by atoms with Crippen LogP contribution in [0.5, 0.6) is 0 Å². The van der Waals surface area contributed by atoms with Crippen molar-refractivity contribution in [2.75, 3.05) is 27.2 Å². The highest BCUT2D eigenvalue weighted by atomic mass is 32.2. The van der Waals surface area contributed by atoms with Crippen LogP contribution in [0.2, 0.25) is 0 Å². The summed E-state index contributed by atoms with van der Waals surface area (Å²) in [6.45, 7) is 5.14. The fourth-order valence-corrected chi connectivity index (χ4v) is 3.80. The molecule has 0 aromatic carbocycles. The van der Waals surface area contributed by atoms with Gasteiger partial charge in [-0.25, -0.2) is 4.72 Å². The molecule has 1 aromatic heterocycles. The molecule has 1 saturated heterocycles. The molecule has 8 nitrogen and oxygen atoms in total. The van der Waals surface area contributed by atoms with Crippen molar-refractivity contribution in [2.45, 2.75) is 52.1 Å². The molecule has 25 heavy (non-hydrogen) atoms. The van der Waals surface area contributed by atoms with Crippen molar-refractivity contribution in [1.29, 1.82) is 0 Å². The Morgan fingerprint density at radius 1 is 1.36 bits per heavy atom. The zero-order valence-corrected chi connectivity index (χ0v) is 16.3. The second kappa shape index (κ2) is 8.29. The molecule has 0 radical (unpaired) electrons. The zero-order valence-electron chi connectivity index (χ0n) is 15.5. The Labute approximate surface area is 150 Å². The molecular weight excluding hydrogens is 342 g/mol. The van der Waals surface area contributed by atoms with Gasteiger partial charge in [-0.1, -0.05) is 0 Å². The summed E-state index contributed by atoms with van der Waals surface area (Å²) in [5.41, 5.74) is 1.87. The number of rotatable bonds is 7. The van der Waals surface area contributed by atoms with Crippen LogP contribution in [-0.4, -0.2) is 66.5 Å². The zero-order chi connectivity index (χ0) is 18.6. The molecule has 1 amide bonds. The van der Waals surface area contributed by atoms with E-state index in [0.29, 0.717) is 13.0 Å². The molecule has 2 heterocycles. The maximum absolute atomic E-state index is 12.7. The van der Waals surface area contributed by atoms with E-state index in [1.54, 1.807) is 4.68 Å². The predicted octanol–water partition coefficient (Wildman–Crippen LogP) is 0.667. The predicted molar refractivity (Wildman–Crippen MR) is 96.3 cm³/mol. The Kier molecular flexibility index (Phi) is 6.59. The number of piperidine rings is 1. The number of carbonyl (C=O) groups excluding carboxylic acids is 1. The number of hydrogen-bond acceptors (Lipinski definition) is 4. The number of carbonyl (C=O) groups is 1. The van der Waals surface area contributed by atoms with Crippen LogP contribution in [0.4, 0.5) is 0 Å². The van der Waals surface area contributed by atoms with E-state index >= 15 is 0 Å². The summed E-state index contributed by atoms with van der Waals surface area (Å²) in [4.78, 5) is 14.6. The van der Waals surface area contributed by atoms with Gasteiger partial charge in [0.25, 0.3) is 10.2 Å². The Morgan fingerprint density at radius 3 is 2.68 bits per heavy atom. The third-order valence-electron chi connectivity index (χ3n) is 4.58. The van der Waals surface area contributed by atoms with Crippen LogP contribution in [0.3, 0.4) is 0 Å². The molecule has 0 saturated carbocycles. The average Bonchev–Trinajstić information content (AvgIpc) is 2.85. The van der Waals surface area contributed by atoms with Gasteiger partial charge in [-0.15, -0.1) is 0 Å². The van der Waals surface area contributed by atoms with Crippen LogP contribution in [0.1, 0.15) is 37.1 Å². The number of nitrogens with one attached hydrogen (secondary N) is 1. The van der Waals surface area contributed by atoms with Crippen molar-refractivity contribution in [1.82, 2.24) is 23.7 Å². The molecule has 9 heteroatoms. The van der Waals surface area contributed by atoms with Crippen molar-refractivity contribution in [3.63, 3.8) is 0 Å².